The van der Waals surface area contributed by atoms with Crippen LogP contribution in [0.1, 0.15) is 29.2 Å². The molecule has 2 aromatic carbocycles. The molecule has 4 rings (SSSR count). The highest BCUT2D eigenvalue weighted by atomic mass is 16.5. The molecule has 0 bridgehead atoms. The molecule has 0 saturated carbocycles. The second-order valence-corrected chi connectivity index (χ2v) is 7.17. The van der Waals surface area contributed by atoms with Gasteiger partial charge in [0.25, 0.3) is 0 Å². The van der Waals surface area contributed by atoms with Crippen molar-refractivity contribution in [1.29, 1.82) is 5.26 Å². The predicted octanol–water partition coefficient (Wildman–Crippen LogP) is 3.91. The number of likely N-dealkylation sites (tertiary alicyclic amines) is 1. The first-order valence-corrected chi connectivity index (χ1v) is 9.91. The summed E-state index contributed by atoms with van der Waals surface area (Å²) < 4.78 is 5.89. The lowest BCUT2D eigenvalue weighted by Crippen LogP contribution is -2.41. The minimum absolute atomic E-state index is 0.127. The van der Waals surface area contributed by atoms with Crippen LogP contribution in [-0.2, 0) is 0 Å². The van der Waals surface area contributed by atoms with E-state index in [1.54, 1.807) is 23.2 Å². The largest absolute Gasteiger partial charge is 0.472 e. The summed E-state index contributed by atoms with van der Waals surface area (Å²) in [5.74, 6) is 0.410. The third-order valence-corrected chi connectivity index (χ3v) is 5.12. The number of nitrogens with one attached hydrogen (secondary N) is 1. The summed E-state index contributed by atoms with van der Waals surface area (Å²) in [4.78, 5) is 18.9. The molecule has 1 aliphatic rings. The van der Waals surface area contributed by atoms with E-state index >= 15 is 0 Å². The fourth-order valence-electron chi connectivity index (χ4n) is 3.59. The normalized spacial score (nSPS) is 15.6. The van der Waals surface area contributed by atoms with Gasteiger partial charge >= 0.3 is 6.03 Å². The molecule has 1 atom stereocenters. The Morgan fingerprint density at radius 1 is 1.10 bits per heavy atom. The molecule has 6 nitrogen and oxygen atoms in total. The number of hydrogen-bond acceptors (Lipinski definition) is 4. The van der Waals surface area contributed by atoms with Crippen LogP contribution < -0.4 is 10.1 Å². The van der Waals surface area contributed by atoms with Crippen molar-refractivity contribution in [3.05, 3.63) is 95.7 Å². The Labute approximate surface area is 175 Å². The van der Waals surface area contributed by atoms with Crippen molar-refractivity contribution >= 4 is 6.03 Å². The summed E-state index contributed by atoms with van der Waals surface area (Å²) in [5.41, 5.74) is 2.56. The zero-order chi connectivity index (χ0) is 20.8. The summed E-state index contributed by atoms with van der Waals surface area (Å²) in [6.07, 6.45) is 2.12. The van der Waals surface area contributed by atoms with Crippen LogP contribution in [0.3, 0.4) is 0 Å². The van der Waals surface area contributed by atoms with Gasteiger partial charge in [-0.2, -0.15) is 5.26 Å². The molecule has 2 amide bonds. The van der Waals surface area contributed by atoms with Crippen molar-refractivity contribution in [2.75, 3.05) is 13.1 Å². The molecule has 3 aromatic rings. The van der Waals surface area contributed by atoms with Crippen LogP contribution in [0.25, 0.3) is 0 Å². The molecular weight excluding hydrogens is 376 g/mol. The van der Waals surface area contributed by atoms with Gasteiger partial charge in [-0.1, -0.05) is 60.7 Å². The summed E-state index contributed by atoms with van der Waals surface area (Å²) in [6.45, 7) is 1.07. The Bertz CT molecular complexity index is 994. The van der Waals surface area contributed by atoms with Crippen molar-refractivity contribution in [1.82, 2.24) is 15.2 Å². The van der Waals surface area contributed by atoms with Gasteiger partial charge in [0, 0.05) is 25.2 Å². The number of aromatic nitrogens is 1. The SMILES string of the molecule is N#Cc1ccnc(OC2CCN(C(=O)NC(c3ccccc3)c3ccccc3)C2)c1. The Balaban J connectivity index is 1.43. The number of pyridine rings is 1. The number of benzene rings is 2. The van der Waals surface area contributed by atoms with Gasteiger partial charge < -0.3 is 15.0 Å². The van der Waals surface area contributed by atoms with Crippen molar-refractivity contribution in [2.24, 2.45) is 0 Å². The molecule has 2 heterocycles. The van der Waals surface area contributed by atoms with Gasteiger partial charge in [0.2, 0.25) is 5.88 Å². The fourth-order valence-corrected chi connectivity index (χ4v) is 3.59. The molecule has 1 saturated heterocycles. The van der Waals surface area contributed by atoms with Gasteiger partial charge in [-0.25, -0.2) is 9.78 Å². The second-order valence-electron chi connectivity index (χ2n) is 7.17. The van der Waals surface area contributed by atoms with Gasteiger partial charge in [0.15, 0.2) is 0 Å². The van der Waals surface area contributed by atoms with E-state index in [-0.39, 0.29) is 18.2 Å². The van der Waals surface area contributed by atoms with Crippen molar-refractivity contribution in [3.63, 3.8) is 0 Å². The molecular formula is C24H22N4O2. The molecule has 1 aliphatic heterocycles. The Kier molecular flexibility index (Phi) is 5.90. The van der Waals surface area contributed by atoms with Crippen LogP contribution >= 0.6 is 0 Å². The van der Waals surface area contributed by atoms with Crippen LogP contribution in [0, 0.1) is 11.3 Å². The number of carbonyl (C=O) groups excluding carboxylic acids is 1. The zero-order valence-corrected chi connectivity index (χ0v) is 16.4. The van der Waals surface area contributed by atoms with Crippen LogP contribution in [-0.4, -0.2) is 35.1 Å². The highest BCUT2D eigenvalue weighted by molar-refractivity contribution is 5.75. The molecule has 1 N–H and O–H groups in total. The predicted molar refractivity (Wildman–Crippen MR) is 113 cm³/mol. The highest BCUT2D eigenvalue weighted by Crippen LogP contribution is 2.23. The fraction of sp³-hybridized carbons (Fsp3) is 0.208. The Hall–Kier alpha value is -3.85. The molecule has 0 spiro atoms. The van der Waals surface area contributed by atoms with Gasteiger partial charge in [0.1, 0.15) is 6.10 Å². The van der Waals surface area contributed by atoms with E-state index in [1.807, 2.05) is 60.7 Å². The number of nitriles is 1. The molecule has 1 unspecified atom stereocenters. The van der Waals surface area contributed by atoms with Crippen molar-refractivity contribution in [2.45, 2.75) is 18.6 Å². The van der Waals surface area contributed by atoms with Gasteiger partial charge in [-0.15, -0.1) is 0 Å². The van der Waals surface area contributed by atoms with Crippen LogP contribution in [0.4, 0.5) is 4.79 Å². The topological polar surface area (TPSA) is 78.2 Å². The number of hydrogen-bond donors (Lipinski definition) is 1. The first kappa shape index (κ1) is 19.5. The number of urea groups is 1. The van der Waals surface area contributed by atoms with Crippen LogP contribution in [0.2, 0.25) is 0 Å². The quantitative estimate of drug-likeness (QED) is 0.707. The molecule has 1 aromatic heterocycles. The maximum atomic E-state index is 13.0. The lowest BCUT2D eigenvalue weighted by atomic mass is 9.99. The summed E-state index contributed by atoms with van der Waals surface area (Å²) in [7, 11) is 0. The third-order valence-electron chi connectivity index (χ3n) is 5.12. The summed E-state index contributed by atoms with van der Waals surface area (Å²) in [6, 6.07) is 24.8. The molecule has 0 aliphatic carbocycles. The smallest absolute Gasteiger partial charge is 0.318 e. The van der Waals surface area contributed by atoms with Crippen LogP contribution in [0.15, 0.2) is 79.0 Å². The molecule has 0 radical (unpaired) electrons. The molecule has 6 heteroatoms. The summed E-state index contributed by atoms with van der Waals surface area (Å²) >= 11 is 0. The lowest BCUT2D eigenvalue weighted by molar-refractivity contribution is 0.182. The Morgan fingerprint density at radius 2 is 1.77 bits per heavy atom. The molecule has 1 fully saturated rings. The standard InChI is InChI=1S/C24H22N4O2/c25-16-18-11-13-26-22(15-18)30-21-12-14-28(17-21)24(29)27-23(19-7-3-1-4-8-19)20-9-5-2-6-10-20/h1-11,13,15,21,23H,12,14,17H2,(H,27,29). The number of ether oxygens (including phenoxy) is 1. The Morgan fingerprint density at radius 3 is 2.40 bits per heavy atom. The first-order chi connectivity index (χ1) is 14.7. The van der Waals surface area contributed by atoms with Gasteiger partial charge in [-0.3, -0.25) is 0 Å². The molecule has 150 valence electrons. The van der Waals surface area contributed by atoms with Gasteiger partial charge in [-0.05, 0) is 17.2 Å². The maximum Gasteiger partial charge on any atom is 0.318 e. The first-order valence-electron chi connectivity index (χ1n) is 9.91. The second kappa shape index (κ2) is 9.10. The van der Waals surface area contributed by atoms with E-state index in [4.69, 9.17) is 10.00 Å². The number of carbonyl (C=O) groups is 1. The average molecular weight is 398 g/mol. The van der Waals surface area contributed by atoms with E-state index in [0.29, 0.717) is 31.0 Å². The van der Waals surface area contributed by atoms with Crippen LogP contribution in [0.5, 0.6) is 5.88 Å². The van der Waals surface area contributed by atoms with E-state index < -0.39 is 0 Å². The van der Waals surface area contributed by atoms with Crippen molar-refractivity contribution in [3.8, 4) is 11.9 Å². The monoisotopic (exact) mass is 398 g/mol. The van der Waals surface area contributed by atoms with E-state index in [9.17, 15) is 4.79 Å². The number of nitrogens with zero attached hydrogens (tertiary/aromatic N) is 3. The van der Waals surface area contributed by atoms with Crippen molar-refractivity contribution < 1.29 is 9.53 Å². The minimum Gasteiger partial charge on any atom is -0.472 e. The number of rotatable bonds is 5. The average Bonchev–Trinajstić information content (AvgIpc) is 3.27. The zero-order valence-electron chi connectivity index (χ0n) is 16.4. The minimum atomic E-state index is -0.228. The lowest BCUT2D eigenvalue weighted by Gasteiger charge is -2.24. The van der Waals surface area contributed by atoms with E-state index in [0.717, 1.165) is 11.1 Å². The molecule has 30 heavy (non-hydrogen) atoms. The number of amides is 2. The third kappa shape index (κ3) is 4.58. The summed E-state index contributed by atoms with van der Waals surface area (Å²) in [5, 5.41) is 12.2. The van der Waals surface area contributed by atoms with Gasteiger partial charge in [0.05, 0.1) is 24.2 Å². The highest BCUT2D eigenvalue weighted by Gasteiger charge is 2.29. The van der Waals surface area contributed by atoms with E-state index in [2.05, 4.69) is 16.4 Å². The maximum absolute atomic E-state index is 13.0. The van der Waals surface area contributed by atoms with E-state index in [1.165, 1.54) is 0 Å².